The molecule has 22 heavy (non-hydrogen) atoms. The molecule has 0 amide bonds. The van der Waals surface area contributed by atoms with Crippen LogP contribution in [0.1, 0.15) is 20.7 Å². The Balaban J connectivity index is 1.77. The molecule has 0 radical (unpaired) electrons. The number of carbonyl (C=O) groups is 2. The van der Waals surface area contributed by atoms with Crippen LogP contribution < -0.4 is 7.69 Å². The van der Waals surface area contributed by atoms with Crippen LogP contribution in [-0.4, -0.2) is 11.6 Å². The molecule has 0 spiro atoms. The third-order valence-electron chi connectivity index (χ3n) is 3.02. The van der Waals surface area contributed by atoms with E-state index >= 15 is 0 Å². The highest BCUT2D eigenvalue weighted by Gasteiger charge is 2.04. The van der Waals surface area contributed by atoms with Crippen molar-refractivity contribution >= 4 is 46.4 Å². The van der Waals surface area contributed by atoms with Crippen LogP contribution in [0.15, 0.2) is 60.7 Å². The van der Waals surface area contributed by atoms with E-state index in [1.165, 1.54) is 22.7 Å². The van der Waals surface area contributed by atoms with Gasteiger partial charge in [0.25, 0.3) is 0 Å². The normalized spacial score (nSPS) is 10.2. The lowest BCUT2D eigenvalue weighted by Gasteiger charge is -1.96. The van der Waals surface area contributed by atoms with Gasteiger partial charge in [-0.3, -0.25) is 9.59 Å². The first kappa shape index (κ1) is 14.6. The topological polar surface area (TPSA) is 34.1 Å². The molecule has 0 unspecified atom stereocenters. The molecule has 0 fully saturated rings. The fourth-order valence-electron chi connectivity index (χ4n) is 1.91. The summed E-state index contributed by atoms with van der Waals surface area (Å²) in [4.78, 5) is 24.0. The predicted octanol–water partition coefficient (Wildman–Crippen LogP) is 3.14. The van der Waals surface area contributed by atoms with Gasteiger partial charge in [0.15, 0.2) is 11.6 Å². The van der Waals surface area contributed by atoms with Crippen molar-refractivity contribution in [3.05, 3.63) is 79.5 Å². The van der Waals surface area contributed by atoms with Gasteiger partial charge in [-0.1, -0.05) is 60.7 Å². The Morgan fingerprint density at radius 3 is 1.36 bits per heavy atom. The zero-order chi connectivity index (χ0) is 15.4. The second-order valence-corrected chi connectivity index (χ2v) is 7.28. The molecule has 0 bridgehead atoms. The Hall–Kier alpha value is -2.30. The summed E-state index contributed by atoms with van der Waals surface area (Å²) in [6, 6.07) is 18.3. The lowest BCUT2D eigenvalue weighted by atomic mass is 10.1. The fourth-order valence-corrected chi connectivity index (χ4v) is 3.81. The molecule has 0 N–H and O–H groups in total. The Morgan fingerprint density at radius 2 is 1.00 bits per heavy atom. The molecule has 2 aromatic carbocycles. The maximum Gasteiger partial charge on any atom is 0.188 e. The zero-order valence-corrected chi connectivity index (χ0v) is 13.2. The number of hydrogen-bond donors (Lipinski definition) is 0. The van der Waals surface area contributed by atoms with Crippen LogP contribution >= 0.6 is 22.7 Å². The molecule has 1 heterocycles. The standard InChI is InChI=1S/C18H12O2S2/c19-15(13-7-3-1-4-8-13)11-17-21-18(22-17)12-16(20)14-9-5-2-6-10-14/h1-12H. The van der Waals surface area contributed by atoms with Crippen LogP contribution in [0.5, 0.6) is 0 Å². The minimum Gasteiger partial charge on any atom is -0.289 e. The number of carbonyl (C=O) groups excluding carboxylic acids is 2. The maximum absolute atomic E-state index is 12.0. The monoisotopic (exact) mass is 324 g/mol. The summed E-state index contributed by atoms with van der Waals surface area (Å²) in [5.74, 6) is -0.0203. The van der Waals surface area contributed by atoms with Crippen molar-refractivity contribution in [2.45, 2.75) is 0 Å². The predicted molar refractivity (Wildman–Crippen MR) is 91.9 cm³/mol. The molecule has 4 heteroatoms. The molecule has 1 aromatic heterocycles. The largest absolute Gasteiger partial charge is 0.289 e. The lowest BCUT2D eigenvalue weighted by Crippen LogP contribution is -2.14. The van der Waals surface area contributed by atoms with E-state index in [1.807, 2.05) is 36.4 Å². The zero-order valence-electron chi connectivity index (χ0n) is 11.6. The summed E-state index contributed by atoms with van der Waals surface area (Å²) >= 11 is 2.93. The average molecular weight is 324 g/mol. The van der Waals surface area contributed by atoms with E-state index < -0.39 is 0 Å². The summed E-state index contributed by atoms with van der Waals surface area (Å²) < 4.78 is 1.84. The molecule has 2 nitrogen and oxygen atoms in total. The maximum atomic E-state index is 12.0. The molecule has 0 aliphatic rings. The molecule has 3 aromatic rings. The van der Waals surface area contributed by atoms with E-state index in [0.717, 1.165) is 7.69 Å². The van der Waals surface area contributed by atoms with Gasteiger partial charge in [0.05, 0.1) is 7.69 Å². The highest BCUT2D eigenvalue weighted by atomic mass is 32.2. The Labute approximate surface area is 135 Å². The third-order valence-corrected chi connectivity index (χ3v) is 5.29. The number of benzene rings is 2. The van der Waals surface area contributed by atoms with Crippen LogP contribution in [0.2, 0.25) is 0 Å². The van der Waals surface area contributed by atoms with Crippen LogP contribution in [0.25, 0.3) is 12.2 Å². The van der Waals surface area contributed by atoms with Gasteiger partial charge in [0, 0.05) is 23.3 Å². The molecule has 3 rings (SSSR count). The van der Waals surface area contributed by atoms with Crippen molar-refractivity contribution in [2.24, 2.45) is 0 Å². The Bertz CT molecular complexity index is 811. The molecular formula is C18H12O2S2. The van der Waals surface area contributed by atoms with Gasteiger partial charge in [0.2, 0.25) is 0 Å². The number of hydrogen-bond acceptors (Lipinski definition) is 4. The first-order valence-corrected chi connectivity index (χ1v) is 8.33. The van der Waals surface area contributed by atoms with Gasteiger partial charge in [-0.15, -0.1) is 22.7 Å². The summed E-state index contributed by atoms with van der Waals surface area (Å²) in [6.45, 7) is 0. The number of ketones is 2. The van der Waals surface area contributed by atoms with Crippen LogP contribution in [0, 0.1) is 0 Å². The van der Waals surface area contributed by atoms with E-state index in [0.29, 0.717) is 11.1 Å². The smallest absolute Gasteiger partial charge is 0.188 e. The lowest BCUT2D eigenvalue weighted by molar-refractivity contribution is 0.105. The fraction of sp³-hybridized carbons (Fsp3) is 0. The highest BCUT2D eigenvalue weighted by Crippen LogP contribution is 2.03. The second kappa shape index (κ2) is 6.64. The van der Waals surface area contributed by atoms with Crippen molar-refractivity contribution in [1.82, 2.24) is 0 Å². The number of rotatable bonds is 4. The highest BCUT2D eigenvalue weighted by molar-refractivity contribution is 7.36. The van der Waals surface area contributed by atoms with E-state index in [1.54, 1.807) is 36.4 Å². The Kier molecular flexibility index (Phi) is 4.42. The van der Waals surface area contributed by atoms with Gasteiger partial charge in [-0.2, -0.15) is 0 Å². The van der Waals surface area contributed by atoms with E-state index in [-0.39, 0.29) is 11.6 Å². The molecule has 0 saturated heterocycles. The summed E-state index contributed by atoms with van der Waals surface area (Å²) in [5.41, 5.74) is 1.35. The first-order chi connectivity index (χ1) is 10.7. The van der Waals surface area contributed by atoms with Gasteiger partial charge in [0.1, 0.15) is 0 Å². The van der Waals surface area contributed by atoms with Crippen molar-refractivity contribution < 1.29 is 9.59 Å². The van der Waals surface area contributed by atoms with E-state index in [2.05, 4.69) is 0 Å². The SMILES string of the molecule is O=C(C=c1sc(=CC(=O)c2ccccc2)s1)c1ccccc1. The first-order valence-electron chi connectivity index (χ1n) is 6.70. The van der Waals surface area contributed by atoms with Crippen molar-refractivity contribution in [1.29, 1.82) is 0 Å². The van der Waals surface area contributed by atoms with Gasteiger partial charge < -0.3 is 0 Å². The molecule has 108 valence electrons. The van der Waals surface area contributed by atoms with Gasteiger partial charge in [-0.25, -0.2) is 0 Å². The van der Waals surface area contributed by atoms with Gasteiger partial charge >= 0.3 is 0 Å². The van der Waals surface area contributed by atoms with Crippen molar-refractivity contribution in [3.8, 4) is 0 Å². The van der Waals surface area contributed by atoms with Crippen LogP contribution in [0.4, 0.5) is 0 Å². The van der Waals surface area contributed by atoms with E-state index in [4.69, 9.17) is 0 Å². The quantitative estimate of drug-likeness (QED) is 0.691. The minimum absolute atomic E-state index is 0.0102. The number of Topliss-reactive ketones (excluding diaryl/α,β-unsaturated/α-hetero) is 2. The molecule has 0 aliphatic carbocycles. The second-order valence-electron chi connectivity index (χ2n) is 4.59. The molecule has 0 aliphatic heterocycles. The Morgan fingerprint density at radius 1 is 0.636 bits per heavy atom. The molecule has 0 atom stereocenters. The van der Waals surface area contributed by atoms with E-state index in [9.17, 15) is 9.59 Å². The van der Waals surface area contributed by atoms with Crippen molar-refractivity contribution in [3.63, 3.8) is 0 Å². The summed E-state index contributed by atoms with van der Waals surface area (Å²) in [6.07, 6.45) is 3.24. The molecular weight excluding hydrogens is 312 g/mol. The van der Waals surface area contributed by atoms with Crippen LogP contribution in [-0.2, 0) is 0 Å². The van der Waals surface area contributed by atoms with Crippen molar-refractivity contribution in [2.75, 3.05) is 0 Å². The minimum atomic E-state index is -0.0102. The summed E-state index contributed by atoms with van der Waals surface area (Å²) in [5, 5.41) is 0. The third kappa shape index (κ3) is 3.47. The average Bonchev–Trinajstić information content (AvgIpc) is 2.54. The van der Waals surface area contributed by atoms with Crippen LogP contribution in [0.3, 0.4) is 0 Å². The summed E-state index contributed by atoms with van der Waals surface area (Å²) in [7, 11) is 0. The van der Waals surface area contributed by atoms with Gasteiger partial charge in [-0.05, 0) is 0 Å². The molecule has 0 saturated carbocycles.